The van der Waals surface area contributed by atoms with Crippen LogP contribution in [0.15, 0.2) is 30.3 Å². The molecule has 4 nitrogen and oxygen atoms in total. The molecule has 1 aliphatic rings. The van der Waals surface area contributed by atoms with E-state index in [9.17, 15) is 4.79 Å². The van der Waals surface area contributed by atoms with Crippen LogP contribution in [0.3, 0.4) is 0 Å². The molecule has 2 rings (SSSR count). The van der Waals surface area contributed by atoms with Gasteiger partial charge in [0.1, 0.15) is 0 Å². The molecule has 0 spiro atoms. The molecule has 0 radical (unpaired) electrons. The summed E-state index contributed by atoms with van der Waals surface area (Å²) < 4.78 is 0. The molecule has 0 bridgehead atoms. The Morgan fingerprint density at radius 2 is 2.15 bits per heavy atom. The third kappa shape index (κ3) is 4.05. The summed E-state index contributed by atoms with van der Waals surface area (Å²) in [6.45, 7) is 5.16. The molecule has 20 heavy (non-hydrogen) atoms. The van der Waals surface area contributed by atoms with Crippen LogP contribution in [-0.2, 0) is 11.3 Å². The van der Waals surface area contributed by atoms with Crippen molar-refractivity contribution in [2.75, 3.05) is 26.7 Å². The minimum atomic E-state index is 0.180. The summed E-state index contributed by atoms with van der Waals surface area (Å²) >= 11 is 0. The molecular formula is C16H25N3O. The van der Waals surface area contributed by atoms with Crippen molar-refractivity contribution in [3.8, 4) is 0 Å². The average molecular weight is 275 g/mol. The fourth-order valence-corrected chi connectivity index (χ4v) is 2.69. The Morgan fingerprint density at radius 1 is 1.45 bits per heavy atom. The summed E-state index contributed by atoms with van der Waals surface area (Å²) in [7, 11) is 1.87. The third-order valence-corrected chi connectivity index (χ3v) is 4.10. The van der Waals surface area contributed by atoms with Crippen LogP contribution < -0.4 is 5.73 Å². The van der Waals surface area contributed by atoms with Gasteiger partial charge in [-0.2, -0.15) is 0 Å². The number of hydrogen-bond acceptors (Lipinski definition) is 3. The van der Waals surface area contributed by atoms with E-state index in [0.717, 1.165) is 19.5 Å². The van der Waals surface area contributed by atoms with Gasteiger partial charge in [-0.1, -0.05) is 30.3 Å². The Kier molecular flexibility index (Phi) is 5.15. The Morgan fingerprint density at radius 3 is 2.75 bits per heavy atom. The van der Waals surface area contributed by atoms with Crippen molar-refractivity contribution in [2.45, 2.75) is 25.9 Å². The number of likely N-dealkylation sites (tertiary alicyclic amines) is 1. The second-order valence-electron chi connectivity index (χ2n) is 5.88. The first-order valence-corrected chi connectivity index (χ1v) is 7.32. The highest BCUT2D eigenvalue weighted by atomic mass is 16.2. The van der Waals surface area contributed by atoms with Crippen molar-refractivity contribution in [3.05, 3.63) is 35.9 Å². The molecule has 4 heteroatoms. The van der Waals surface area contributed by atoms with E-state index in [-0.39, 0.29) is 11.9 Å². The zero-order chi connectivity index (χ0) is 14.5. The van der Waals surface area contributed by atoms with Crippen LogP contribution in [0.25, 0.3) is 0 Å². The number of likely N-dealkylation sites (N-methyl/N-ethyl adjacent to an activating group) is 1. The molecule has 1 aliphatic heterocycles. The fourth-order valence-electron chi connectivity index (χ4n) is 2.69. The number of hydrogen-bond donors (Lipinski definition) is 1. The monoisotopic (exact) mass is 275 g/mol. The van der Waals surface area contributed by atoms with Crippen molar-refractivity contribution < 1.29 is 4.79 Å². The van der Waals surface area contributed by atoms with Gasteiger partial charge in [0, 0.05) is 26.2 Å². The second kappa shape index (κ2) is 6.86. The first-order chi connectivity index (χ1) is 9.56. The second-order valence-corrected chi connectivity index (χ2v) is 5.88. The molecule has 1 heterocycles. The van der Waals surface area contributed by atoms with Gasteiger partial charge >= 0.3 is 0 Å². The van der Waals surface area contributed by atoms with E-state index in [0.29, 0.717) is 19.0 Å². The maximum Gasteiger partial charge on any atom is 0.236 e. The van der Waals surface area contributed by atoms with Crippen LogP contribution in [0.5, 0.6) is 0 Å². The van der Waals surface area contributed by atoms with Gasteiger partial charge in [-0.05, 0) is 31.4 Å². The molecule has 1 aromatic rings. The van der Waals surface area contributed by atoms with E-state index < -0.39 is 0 Å². The summed E-state index contributed by atoms with van der Waals surface area (Å²) in [6.07, 6.45) is 1.10. The zero-order valence-electron chi connectivity index (χ0n) is 12.5. The number of nitrogens with two attached hydrogens (primary N) is 1. The molecule has 2 atom stereocenters. The topological polar surface area (TPSA) is 49.6 Å². The number of benzene rings is 1. The van der Waals surface area contributed by atoms with Crippen LogP contribution in [0.2, 0.25) is 0 Å². The van der Waals surface area contributed by atoms with Gasteiger partial charge in [0.05, 0.1) is 6.54 Å². The molecule has 0 aliphatic carbocycles. The van der Waals surface area contributed by atoms with Crippen LogP contribution in [0.4, 0.5) is 0 Å². The fraction of sp³-hybridized carbons (Fsp3) is 0.562. The van der Waals surface area contributed by atoms with Gasteiger partial charge in [0.15, 0.2) is 0 Å². The van der Waals surface area contributed by atoms with Gasteiger partial charge in [0.25, 0.3) is 0 Å². The van der Waals surface area contributed by atoms with Gasteiger partial charge in [-0.25, -0.2) is 0 Å². The lowest BCUT2D eigenvalue weighted by Gasteiger charge is -2.22. The maximum atomic E-state index is 12.2. The highest BCUT2D eigenvalue weighted by Gasteiger charge is 2.27. The lowest BCUT2D eigenvalue weighted by molar-refractivity contribution is -0.131. The van der Waals surface area contributed by atoms with Gasteiger partial charge in [0.2, 0.25) is 5.91 Å². The minimum absolute atomic E-state index is 0.180. The summed E-state index contributed by atoms with van der Waals surface area (Å²) in [4.78, 5) is 16.3. The van der Waals surface area contributed by atoms with Crippen LogP contribution in [0, 0.1) is 5.92 Å². The summed E-state index contributed by atoms with van der Waals surface area (Å²) in [6, 6.07) is 10.3. The van der Waals surface area contributed by atoms with Gasteiger partial charge in [-0.15, -0.1) is 0 Å². The van der Waals surface area contributed by atoms with E-state index in [1.807, 2.05) is 37.4 Å². The summed E-state index contributed by atoms with van der Waals surface area (Å²) in [5.74, 6) is 0.710. The van der Waals surface area contributed by atoms with Crippen molar-refractivity contribution in [1.29, 1.82) is 0 Å². The molecule has 2 unspecified atom stereocenters. The van der Waals surface area contributed by atoms with Crippen molar-refractivity contribution in [1.82, 2.24) is 9.80 Å². The van der Waals surface area contributed by atoms with E-state index in [4.69, 9.17) is 5.73 Å². The van der Waals surface area contributed by atoms with E-state index in [2.05, 4.69) is 11.8 Å². The average Bonchev–Trinajstić information content (AvgIpc) is 2.88. The zero-order valence-corrected chi connectivity index (χ0v) is 12.5. The standard InChI is InChI=1S/C16H25N3O/c1-13(17)15-8-9-19(11-15)12-16(20)18(2)10-14-6-4-3-5-7-14/h3-7,13,15H,8-12,17H2,1-2H3. The number of amides is 1. The highest BCUT2D eigenvalue weighted by molar-refractivity contribution is 5.78. The third-order valence-electron chi connectivity index (χ3n) is 4.10. The predicted octanol–water partition coefficient (Wildman–Crippen LogP) is 1.31. The van der Waals surface area contributed by atoms with Crippen molar-refractivity contribution in [2.24, 2.45) is 11.7 Å². The van der Waals surface area contributed by atoms with E-state index in [1.165, 1.54) is 5.56 Å². The molecule has 2 N–H and O–H groups in total. The quantitative estimate of drug-likeness (QED) is 0.881. The summed E-state index contributed by atoms with van der Waals surface area (Å²) in [5.41, 5.74) is 7.10. The van der Waals surface area contributed by atoms with E-state index in [1.54, 1.807) is 4.90 Å². The van der Waals surface area contributed by atoms with Crippen LogP contribution in [-0.4, -0.2) is 48.4 Å². The highest BCUT2D eigenvalue weighted by Crippen LogP contribution is 2.18. The molecule has 1 amide bonds. The Balaban J connectivity index is 1.80. The predicted molar refractivity (Wildman–Crippen MR) is 81.1 cm³/mol. The number of rotatable bonds is 5. The van der Waals surface area contributed by atoms with Crippen molar-refractivity contribution in [3.63, 3.8) is 0 Å². The Labute approximate surface area is 121 Å². The number of nitrogens with zero attached hydrogens (tertiary/aromatic N) is 2. The maximum absolute atomic E-state index is 12.2. The minimum Gasteiger partial charge on any atom is -0.340 e. The molecule has 110 valence electrons. The molecule has 1 aromatic carbocycles. The van der Waals surface area contributed by atoms with Gasteiger partial charge in [-0.3, -0.25) is 9.69 Å². The normalized spacial score (nSPS) is 20.9. The summed E-state index contributed by atoms with van der Waals surface area (Å²) in [5, 5.41) is 0. The number of carbonyl (C=O) groups is 1. The molecular weight excluding hydrogens is 250 g/mol. The lowest BCUT2D eigenvalue weighted by atomic mass is 10.0. The lowest BCUT2D eigenvalue weighted by Crippen LogP contribution is -2.38. The first kappa shape index (κ1) is 15.0. The smallest absolute Gasteiger partial charge is 0.236 e. The largest absolute Gasteiger partial charge is 0.340 e. The van der Waals surface area contributed by atoms with Crippen LogP contribution in [0.1, 0.15) is 18.9 Å². The van der Waals surface area contributed by atoms with Gasteiger partial charge < -0.3 is 10.6 Å². The van der Waals surface area contributed by atoms with E-state index >= 15 is 0 Å². The Hall–Kier alpha value is -1.39. The molecule has 0 saturated carbocycles. The first-order valence-electron chi connectivity index (χ1n) is 7.32. The van der Waals surface area contributed by atoms with Crippen molar-refractivity contribution >= 4 is 5.91 Å². The Bertz CT molecular complexity index is 433. The molecule has 1 saturated heterocycles. The molecule has 0 aromatic heterocycles. The van der Waals surface area contributed by atoms with Crippen LogP contribution >= 0.6 is 0 Å². The molecule has 1 fully saturated rings. The SMILES string of the molecule is CC(N)C1CCN(CC(=O)N(C)Cc2ccccc2)C1. The number of carbonyl (C=O) groups excluding carboxylic acids is 1.